The first-order chi connectivity index (χ1) is 12.1. The Bertz CT molecular complexity index is 831. The highest BCUT2D eigenvalue weighted by atomic mass is 35.5. The number of fused-ring (bicyclic) bond motifs is 1. The number of pyridine rings is 1. The number of ether oxygens (including phenoxy) is 3. The molecule has 0 radical (unpaired) electrons. The minimum atomic E-state index is -0.174. The van der Waals surface area contributed by atoms with Gasteiger partial charge in [-0.2, -0.15) is 0 Å². The molecule has 0 aliphatic carbocycles. The van der Waals surface area contributed by atoms with Gasteiger partial charge in [-0.15, -0.1) is 12.4 Å². The number of amides is 1. The maximum Gasteiger partial charge on any atom is 0.242 e. The Morgan fingerprint density at radius 2 is 1.77 bits per heavy atom. The van der Waals surface area contributed by atoms with Crippen LogP contribution < -0.4 is 24.6 Å². The van der Waals surface area contributed by atoms with Gasteiger partial charge in [0.25, 0.3) is 0 Å². The number of benzene rings is 1. The summed E-state index contributed by atoms with van der Waals surface area (Å²) in [7, 11) is 4.62. The minimum absolute atomic E-state index is 0. The van der Waals surface area contributed by atoms with Crippen molar-refractivity contribution in [2.24, 2.45) is 4.99 Å². The SMILES string of the molecule is COc1cc(C2=Nc3cnccc3N(C(C)=O)N2)cc(OC)c1OC.Cl. The first kappa shape index (κ1) is 19.3. The van der Waals surface area contributed by atoms with Gasteiger partial charge in [-0.3, -0.25) is 15.2 Å². The van der Waals surface area contributed by atoms with Crippen molar-refractivity contribution in [1.82, 2.24) is 10.4 Å². The van der Waals surface area contributed by atoms with Crippen LogP contribution in [0, 0.1) is 0 Å². The van der Waals surface area contributed by atoms with E-state index in [0.29, 0.717) is 40.0 Å². The lowest BCUT2D eigenvalue weighted by Gasteiger charge is -2.29. The fourth-order valence-corrected chi connectivity index (χ4v) is 2.56. The zero-order valence-corrected chi connectivity index (χ0v) is 15.6. The zero-order valence-electron chi connectivity index (χ0n) is 14.8. The Balaban J connectivity index is 0.00000243. The van der Waals surface area contributed by atoms with Crippen LogP contribution in [-0.4, -0.2) is 38.1 Å². The fourth-order valence-electron chi connectivity index (χ4n) is 2.56. The normalized spacial score (nSPS) is 12.2. The van der Waals surface area contributed by atoms with Gasteiger partial charge in [-0.25, -0.2) is 10.0 Å². The number of halogens is 1. The smallest absolute Gasteiger partial charge is 0.242 e. The Hall–Kier alpha value is -3.00. The average molecular weight is 379 g/mol. The molecule has 1 N–H and O–H groups in total. The highest BCUT2D eigenvalue weighted by molar-refractivity contribution is 6.09. The largest absolute Gasteiger partial charge is 0.493 e. The Morgan fingerprint density at radius 3 is 2.31 bits per heavy atom. The van der Waals surface area contributed by atoms with E-state index in [1.807, 2.05) is 0 Å². The molecule has 1 aliphatic heterocycles. The van der Waals surface area contributed by atoms with Crippen molar-refractivity contribution < 1.29 is 19.0 Å². The van der Waals surface area contributed by atoms with E-state index >= 15 is 0 Å². The number of carbonyl (C=O) groups is 1. The maximum atomic E-state index is 12.0. The van der Waals surface area contributed by atoms with Crippen LogP contribution >= 0.6 is 12.4 Å². The molecule has 9 heteroatoms. The second-order valence-electron chi connectivity index (χ2n) is 5.21. The summed E-state index contributed by atoms with van der Waals surface area (Å²) < 4.78 is 16.1. The molecule has 0 saturated carbocycles. The van der Waals surface area contributed by atoms with Gasteiger partial charge in [0.15, 0.2) is 17.3 Å². The molecule has 0 unspecified atom stereocenters. The van der Waals surface area contributed by atoms with Crippen LogP contribution in [0.4, 0.5) is 11.4 Å². The molecular formula is C17H19ClN4O4. The first-order valence-electron chi connectivity index (χ1n) is 7.49. The highest BCUT2D eigenvalue weighted by Gasteiger charge is 2.24. The summed E-state index contributed by atoms with van der Waals surface area (Å²) in [5.41, 5.74) is 4.92. The molecular weight excluding hydrogens is 360 g/mol. The van der Waals surface area contributed by atoms with E-state index in [1.54, 1.807) is 30.6 Å². The number of hydrazine groups is 1. The van der Waals surface area contributed by atoms with Crippen LogP contribution in [0.2, 0.25) is 0 Å². The molecule has 0 fully saturated rings. The lowest BCUT2D eigenvalue weighted by Crippen LogP contribution is -2.47. The van der Waals surface area contributed by atoms with Crippen LogP contribution in [0.15, 0.2) is 35.6 Å². The number of hydrogen-bond acceptors (Lipinski definition) is 7. The van der Waals surface area contributed by atoms with Gasteiger partial charge in [-0.05, 0) is 18.2 Å². The van der Waals surface area contributed by atoms with Crippen molar-refractivity contribution in [1.29, 1.82) is 0 Å². The van der Waals surface area contributed by atoms with E-state index < -0.39 is 0 Å². The molecule has 1 aromatic heterocycles. The van der Waals surface area contributed by atoms with Gasteiger partial charge in [0.05, 0.1) is 33.2 Å². The minimum Gasteiger partial charge on any atom is -0.493 e. The second-order valence-corrected chi connectivity index (χ2v) is 5.21. The summed E-state index contributed by atoms with van der Waals surface area (Å²) >= 11 is 0. The summed E-state index contributed by atoms with van der Waals surface area (Å²) in [4.78, 5) is 20.6. The Morgan fingerprint density at radius 1 is 1.12 bits per heavy atom. The van der Waals surface area contributed by atoms with Crippen molar-refractivity contribution in [3.63, 3.8) is 0 Å². The number of aliphatic imine (C=N–C) groups is 1. The molecule has 0 bridgehead atoms. The number of hydrogen-bond donors (Lipinski definition) is 1. The van der Waals surface area contributed by atoms with Crippen LogP contribution in [-0.2, 0) is 4.79 Å². The quantitative estimate of drug-likeness (QED) is 0.879. The third-order valence-corrected chi connectivity index (χ3v) is 3.72. The molecule has 0 spiro atoms. The number of amidine groups is 1. The average Bonchev–Trinajstić information content (AvgIpc) is 2.65. The van der Waals surface area contributed by atoms with Gasteiger partial charge >= 0.3 is 0 Å². The van der Waals surface area contributed by atoms with E-state index in [4.69, 9.17) is 14.2 Å². The van der Waals surface area contributed by atoms with Crippen LogP contribution in [0.25, 0.3) is 0 Å². The molecule has 8 nitrogen and oxygen atoms in total. The summed E-state index contributed by atoms with van der Waals surface area (Å²) in [5.74, 6) is 1.76. The third-order valence-electron chi connectivity index (χ3n) is 3.72. The molecule has 0 atom stereocenters. The third kappa shape index (κ3) is 3.36. The molecule has 3 rings (SSSR count). The summed E-state index contributed by atoms with van der Waals surface area (Å²) in [6.07, 6.45) is 3.21. The number of rotatable bonds is 4. The van der Waals surface area contributed by atoms with E-state index in [-0.39, 0.29) is 18.3 Å². The maximum absolute atomic E-state index is 12.0. The molecule has 0 saturated heterocycles. The molecule has 1 amide bonds. The Kier molecular flexibility index (Phi) is 5.89. The predicted molar refractivity (Wildman–Crippen MR) is 100 cm³/mol. The molecule has 2 aromatic rings. The van der Waals surface area contributed by atoms with Crippen molar-refractivity contribution >= 4 is 35.5 Å². The van der Waals surface area contributed by atoms with Gasteiger partial charge in [-0.1, -0.05) is 0 Å². The summed E-state index contributed by atoms with van der Waals surface area (Å²) in [6.45, 7) is 1.47. The standard InChI is InChI=1S/C17H18N4O4.ClH/c1-10(22)21-13-5-6-18-9-12(13)19-17(20-21)11-7-14(23-2)16(25-4)15(8-11)24-3;/h5-9H,1-4H3,(H,19,20);1H. The number of aromatic nitrogens is 1. The molecule has 2 heterocycles. The van der Waals surface area contributed by atoms with Crippen LogP contribution in [0.3, 0.4) is 0 Å². The topological polar surface area (TPSA) is 85.3 Å². The van der Waals surface area contributed by atoms with Gasteiger partial charge < -0.3 is 14.2 Å². The first-order valence-corrected chi connectivity index (χ1v) is 7.49. The summed E-state index contributed by atoms with van der Waals surface area (Å²) in [5, 5.41) is 1.42. The summed E-state index contributed by atoms with van der Waals surface area (Å²) in [6, 6.07) is 5.24. The molecule has 26 heavy (non-hydrogen) atoms. The van der Waals surface area contributed by atoms with Crippen molar-refractivity contribution in [3.05, 3.63) is 36.2 Å². The lowest BCUT2D eigenvalue weighted by atomic mass is 10.1. The molecule has 1 aromatic carbocycles. The van der Waals surface area contributed by atoms with Crippen LogP contribution in [0.1, 0.15) is 12.5 Å². The number of nitrogens with one attached hydrogen (secondary N) is 1. The van der Waals surface area contributed by atoms with Gasteiger partial charge in [0.2, 0.25) is 11.7 Å². The van der Waals surface area contributed by atoms with Gasteiger partial charge in [0, 0.05) is 18.7 Å². The van der Waals surface area contributed by atoms with E-state index in [9.17, 15) is 4.79 Å². The van der Waals surface area contributed by atoms with Crippen molar-refractivity contribution in [3.8, 4) is 17.2 Å². The monoisotopic (exact) mass is 378 g/mol. The molecule has 138 valence electrons. The second kappa shape index (κ2) is 7.92. The molecule has 1 aliphatic rings. The van der Waals surface area contributed by atoms with Crippen LogP contribution in [0.5, 0.6) is 17.2 Å². The van der Waals surface area contributed by atoms with E-state index in [1.165, 1.54) is 33.3 Å². The number of nitrogens with zero attached hydrogens (tertiary/aromatic N) is 3. The highest BCUT2D eigenvalue weighted by Crippen LogP contribution is 2.39. The zero-order chi connectivity index (χ0) is 18.0. The van der Waals surface area contributed by atoms with E-state index in [2.05, 4.69) is 15.4 Å². The van der Waals surface area contributed by atoms with Crippen molar-refractivity contribution in [2.75, 3.05) is 26.3 Å². The number of methoxy groups -OCH3 is 3. The van der Waals surface area contributed by atoms with Gasteiger partial charge in [0.1, 0.15) is 5.69 Å². The fraction of sp³-hybridized carbons (Fsp3) is 0.235. The van der Waals surface area contributed by atoms with Crippen molar-refractivity contribution in [2.45, 2.75) is 6.92 Å². The Labute approximate surface area is 157 Å². The number of anilines is 1. The number of carbonyl (C=O) groups excluding carboxylic acids is 1. The van der Waals surface area contributed by atoms with E-state index in [0.717, 1.165) is 0 Å². The predicted octanol–water partition coefficient (Wildman–Crippen LogP) is 2.48. The lowest BCUT2D eigenvalue weighted by molar-refractivity contribution is -0.117.